The predicted octanol–water partition coefficient (Wildman–Crippen LogP) is 2.79. The summed E-state index contributed by atoms with van der Waals surface area (Å²) < 4.78 is 5.19. The first kappa shape index (κ1) is 16.0. The molecule has 2 aliphatic carbocycles. The first-order valence-electron chi connectivity index (χ1n) is 8.56. The Morgan fingerprint density at radius 1 is 1.25 bits per heavy atom. The van der Waals surface area contributed by atoms with Crippen molar-refractivity contribution in [3.8, 4) is 11.3 Å². The topological polar surface area (TPSA) is 104 Å². The van der Waals surface area contributed by atoms with E-state index >= 15 is 0 Å². The van der Waals surface area contributed by atoms with Crippen molar-refractivity contribution < 1.29 is 4.52 Å². The van der Waals surface area contributed by atoms with Crippen LogP contribution < -0.4 is 11.5 Å². The molecule has 0 bridgehead atoms. The fraction of sp³-hybridized carbons (Fsp3) is 0.588. The molecule has 0 atom stereocenters. The normalized spacial score (nSPS) is 27.4. The van der Waals surface area contributed by atoms with Crippen LogP contribution in [0.4, 0.5) is 0 Å². The molecular weight excluding hydrogens is 326 g/mol. The maximum Gasteiger partial charge on any atom is 0.148 e. The Balaban J connectivity index is 1.68. The van der Waals surface area contributed by atoms with Crippen molar-refractivity contribution in [3.63, 3.8) is 0 Å². The number of halogens is 1. The molecule has 0 unspecified atom stereocenters. The minimum Gasteiger partial charge on any atom is -0.364 e. The standard InChI is InChI=1S/C17H22ClN5O/c18-13-8-21-16(17(20)5-3-11(19)4-6-17)22-15(13)12-9-24-23-14(12)7-10-1-2-10/h8-11H,1-7,19-20H2. The van der Waals surface area contributed by atoms with Gasteiger partial charge in [-0.15, -0.1) is 0 Å². The van der Waals surface area contributed by atoms with Gasteiger partial charge >= 0.3 is 0 Å². The fourth-order valence-corrected chi connectivity index (χ4v) is 3.56. The fourth-order valence-electron chi connectivity index (χ4n) is 3.37. The van der Waals surface area contributed by atoms with Gasteiger partial charge in [-0.2, -0.15) is 0 Å². The molecule has 128 valence electrons. The van der Waals surface area contributed by atoms with E-state index in [1.54, 1.807) is 12.5 Å². The molecule has 0 radical (unpaired) electrons. The van der Waals surface area contributed by atoms with Gasteiger partial charge in [0.25, 0.3) is 0 Å². The van der Waals surface area contributed by atoms with E-state index in [-0.39, 0.29) is 6.04 Å². The summed E-state index contributed by atoms with van der Waals surface area (Å²) in [6.45, 7) is 0. The molecule has 0 saturated heterocycles. The molecule has 6 nitrogen and oxygen atoms in total. The molecule has 2 aromatic rings. The van der Waals surface area contributed by atoms with Gasteiger partial charge in [-0.05, 0) is 50.9 Å². The lowest BCUT2D eigenvalue weighted by Gasteiger charge is -2.34. The lowest BCUT2D eigenvalue weighted by Crippen LogP contribution is -2.44. The number of hydrogen-bond donors (Lipinski definition) is 2. The van der Waals surface area contributed by atoms with Crippen LogP contribution in [0.3, 0.4) is 0 Å². The summed E-state index contributed by atoms with van der Waals surface area (Å²) >= 11 is 6.36. The molecule has 2 heterocycles. The number of hydrogen-bond acceptors (Lipinski definition) is 6. The van der Waals surface area contributed by atoms with E-state index < -0.39 is 5.54 Å². The van der Waals surface area contributed by atoms with Gasteiger partial charge in [0, 0.05) is 12.2 Å². The Hall–Kier alpha value is -1.50. The summed E-state index contributed by atoms with van der Waals surface area (Å²) in [5, 5.41) is 4.64. The summed E-state index contributed by atoms with van der Waals surface area (Å²) in [7, 11) is 0. The van der Waals surface area contributed by atoms with Crippen LogP contribution in [0.2, 0.25) is 5.02 Å². The highest BCUT2D eigenvalue weighted by Crippen LogP contribution is 2.38. The number of nitrogens with zero attached hydrogens (tertiary/aromatic N) is 3. The van der Waals surface area contributed by atoms with Crippen molar-refractivity contribution in [1.29, 1.82) is 0 Å². The average Bonchev–Trinajstić information content (AvgIpc) is 3.27. The van der Waals surface area contributed by atoms with E-state index in [9.17, 15) is 0 Å². The van der Waals surface area contributed by atoms with E-state index in [4.69, 9.17) is 32.6 Å². The van der Waals surface area contributed by atoms with Crippen LogP contribution in [-0.2, 0) is 12.0 Å². The highest BCUT2D eigenvalue weighted by atomic mass is 35.5. The third-order valence-electron chi connectivity index (χ3n) is 5.19. The van der Waals surface area contributed by atoms with Crippen molar-refractivity contribution in [3.05, 3.63) is 29.0 Å². The van der Waals surface area contributed by atoms with E-state index in [1.807, 2.05) is 0 Å². The van der Waals surface area contributed by atoms with Crippen LogP contribution >= 0.6 is 11.6 Å². The zero-order valence-corrected chi connectivity index (χ0v) is 14.3. The van der Waals surface area contributed by atoms with Crippen LogP contribution in [0.1, 0.15) is 50.0 Å². The first-order chi connectivity index (χ1) is 11.5. The van der Waals surface area contributed by atoms with Crippen molar-refractivity contribution in [2.24, 2.45) is 17.4 Å². The van der Waals surface area contributed by atoms with Gasteiger partial charge < -0.3 is 16.0 Å². The summed E-state index contributed by atoms with van der Waals surface area (Å²) in [6.07, 6.45) is 10.0. The molecule has 0 aliphatic heterocycles. The van der Waals surface area contributed by atoms with Gasteiger partial charge in [0.2, 0.25) is 0 Å². The number of nitrogens with two attached hydrogens (primary N) is 2. The van der Waals surface area contributed by atoms with Crippen molar-refractivity contribution >= 4 is 11.6 Å². The summed E-state index contributed by atoms with van der Waals surface area (Å²) in [4.78, 5) is 9.13. The molecule has 2 saturated carbocycles. The van der Waals surface area contributed by atoms with Gasteiger partial charge in [0.05, 0.1) is 27.5 Å². The Labute approximate surface area is 146 Å². The molecule has 0 aromatic carbocycles. The predicted molar refractivity (Wildman–Crippen MR) is 91.3 cm³/mol. The Morgan fingerprint density at radius 3 is 2.71 bits per heavy atom. The third kappa shape index (κ3) is 3.06. The lowest BCUT2D eigenvalue weighted by molar-refractivity contribution is 0.265. The van der Waals surface area contributed by atoms with Crippen LogP contribution in [0, 0.1) is 5.92 Å². The maximum atomic E-state index is 6.58. The number of aromatic nitrogens is 3. The summed E-state index contributed by atoms with van der Waals surface area (Å²) in [5.41, 5.74) is 14.5. The smallest absolute Gasteiger partial charge is 0.148 e. The molecule has 0 spiro atoms. The number of rotatable bonds is 4. The van der Waals surface area contributed by atoms with Gasteiger partial charge in [-0.3, -0.25) is 0 Å². The molecule has 2 fully saturated rings. The van der Waals surface area contributed by atoms with Crippen LogP contribution in [0.15, 0.2) is 17.0 Å². The van der Waals surface area contributed by atoms with E-state index in [1.165, 1.54) is 12.8 Å². The molecule has 4 rings (SSSR count). The second-order valence-electron chi connectivity index (χ2n) is 7.21. The summed E-state index contributed by atoms with van der Waals surface area (Å²) in [6, 6.07) is 0.219. The molecule has 7 heteroatoms. The lowest BCUT2D eigenvalue weighted by atomic mass is 9.80. The minimum absolute atomic E-state index is 0.219. The average molecular weight is 348 g/mol. The second kappa shape index (κ2) is 6.10. The zero-order chi connectivity index (χ0) is 16.7. The first-order valence-corrected chi connectivity index (χ1v) is 8.94. The van der Waals surface area contributed by atoms with Crippen molar-refractivity contribution in [2.45, 2.75) is 56.5 Å². The summed E-state index contributed by atoms with van der Waals surface area (Å²) in [5.74, 6) is 1.34. The Kier molecular flexibility index (Phi) is 4.06. The van der Waals surface area contributed by atoms with Gasteiger partial charge in [-0.1, -0.05) is 16.8 Å². The molecule has 2 aliphatic rings. The molecule has 4 N–H and O–H groups in total. The maximum absolute atomic E-state index is 6.58. The van der Waals surface area contributed by atoms with Crippen molar-refractivity contribution in [1.82, 2.24) is 15.1 Å². The second-order valence-corrected chi connectivity index (χ2v) is 7.61. The van der Waals surface area contributed by atoms with Crippen LogP contribution in [0.5, 0.6) is 0 Å². The molecule has 0 amide bonds. The highest BCUT2D eigenvalue weighted by Gasteiger charge is 2.35. The van der Waals surface area contributed by atoms with Gasteiger partial charge in [-0.25, -0.2) is 9.97 Å². The Morgan fingerprint density at radius 2 is 2.00 bits per heavy atom. The van der Waals surface area contributed by atoms with Gasteiger partial charge in [0.15, 0.2) is 0 Å². The monoisotopic (exact) mass is 347 g/mol. The molecule has 2 aromatic heterocycles. The quantitative estimate of drug-likeness (QED) is 0.881. The molecule has 24 heavy (non-hydrogen) atoms. The Bertz CT molecular complexity index is 734. The van der Waals surface area contributed by atoms with Crippen LogP contribution in [0.25, 0.3) is 11.3 Å². The molecular formula is C17H22ClN5O. The SMILES string of the molecule is NC1CCC(N)(c2ncc(Cl)c(-c3conc3CC3CC3)n2)CC1. The largest absolute Gasteiger partial charge is 0.364 e. The zero-order valence-electron chi connectivity index (χ0n) is 13.5. The third-order valence-corrected chi connectivity index (χ3v) is 5.47. The van der Waals surface area contributed by atoms with Crippen LogP contribution in [-0.4, -0.2) is 21.2 Å². The highest BCUT2D eigenvalue weighted by molar-refractivity contribution is 6.32. The van der Waals surface area contributed by atoms with Crippen molar-refractivity contribution in [2.75, 3.05) is 0 Å². The minimum atomic E-state index is -0.539. The van der Waals surface area contributed by atoms with E-state index in [0.717, 1.165) is 43.4 Å². The van der Waals surface area contributed by atoms with Gasteiger partial charge in [0.1, 0.15) is 12.1 Å². The van der Waals surface area contributed by atoms with E-state index in [0.29, 0.717) is 22.5 Å². The van der Waals surface area contributed by atoms with E-state index in [2.05, 4.69) is 10.1 Å².